The summed E-state index contributed by atoms with van der Waals surface area (Å²) in [5.74, 6) is 1.08. The van der Waals surface area contributed by atoms with Gasteiger partial charge in [0.15, 0.2) is 0 Å². The van der Waals surface area contributed by atoms with Gasteiger partial charge in [-0.2, -0.15) is 0 Å². The number of benzene rings is 1. The largest absolute Gasteiger partial charge is 0.340 e. The van der Waals surface area contributed by atoms with Crippen LogP contribution < -0.4 is 0 Å². The third kappa shape index (κ3) is 2.73. The molecule has 0 aromatic heterocycles. The monoisotopic (exact) mass is 272 g/mol. The Kier molecular flexibility index (Phi) is 3.79. The van der Waals surface area contributed by atoms with Crippen LogP contribution in [0.5, 0.6) is 0 Å². The van der Waals surface area contributed by atoms with E-state index in [9.17, 15) is 4.79 Å². The summed E-state index contributed by atoms with van der Waals surface area (Å²) in [5, 5.41) is 0. The Morgan fingerprint density at radius 2 is 1.75 bits per heavy atom. The zero-order valence-corrected chi connectivity index (χ0v) is 12.5. The number of piperazine rings is 1. The summed E-state index contributed by atoms with van der Waals surface area (Å²) in [6, 6.07) is 11.1. The van der Waals surface area contributed by atoms with Gasteiger partial charge in [0.25, 0.3) is 0 Å². The Labute approximate surface area is 121 Å². The van der Waals surface area contributed by atoms with Gasteiger partial charge in [-0.25, -0.2) is 0 Å². The van der Waals surface area contributed by atoms with E-state index in [1.54, 1.807) is 0 Å². The first-order valence-electron chi connectivity index (χ1n) is 7.74. The van der Waals surface area contributed by atoms with Gasteiger partial charge in [-0.15, -0.1) is 0 Å². The number of nitrogens with zero attached hydrogens (tertiary/aromatic N) is 2. The SMILES string of the molecule is CC(C)N1CCN(C(=O)C2CC2c2ccccc2)CC1. The third-order valence-corrected chi connectivity index (χ3v) is 4.69. The first kappa shape index (κ1) is 13.6. The van der Waals surface area contributed by atoms with Crippen LogP contribution in [0.2, 0.25) is 0 Å². The van der Waals surface area contributed by atoms with Gasteiger partial charge < -0.3 is 4.90 Å². The van der Waals surface area contributed by atoms with Crippen molar-refractivity contribution < 1.29 is 4.79 Å². The van der Waals surface area contributed by atoms with Crippen LogP contribution in [0.3, 0.4) is 0 Å². The van der Waals surface area contributed by atoms with E-state index in [-0.39, 0.29) is 5.92 Å². The van der Waals surface area contributed by atoms with Crippen molar-refractivity contribution in [3.05, 3.63) is 35.9 Å². The minimum absolute atomic E-state index is 0.239. The maximum absolute atomic E-state index is 12.5. The molecule has 0 spiro atoms. The second kappa shape index (κ2) is 5.57. The van der Waals surface area contributed by atoms with Crippen LogP contribution >= 0.6 is 0 Å². The molecule has 2 aliphatic rings. The molecule has 108 valence electrons. The molecule has 1 aliphatic heterocycles. The quantitative estimate of drug-likeness (QED) is 0.843. The fraction of sp³-hybridized carbons (Fsp3) is 0.588. The van der Waals surface area contributed by atoms with Gasteiger partial charge in [0.05, 0.1) is 0 Å². The molecule has 0 N–H and O–H groups in total. The average Bonchev–Trinajstić information content (AvgIpc) is 3.28. The number of carbonyl (C=O) groups is 1. The lowest BCUT2D eigenvalue weighted by Crippen LogP contribution is -2.51. The molecule has 2 unspecified atom stereocenters. The summed E-state index contributed by atoms with van der Waals surface area (Å²) in [6.45, 7) is 8.29. The zero-order chi connectivity index (χ0) is 14.1. The third-order valence-electron chi connectivity index (χ3n) is 4.69. The summed E-state index contributed by atoms with van der Waals surface area (Å²) >= 11 is 0. The van der Waals surface area contributed by atoms with Crippen molar-refractivity contribution in [3.63, 3.8) is 0 Å². The number of rotatable bonds is 3. The second-order valence-electron chi connectivity index (χ2n) is 6.31. The van der Waals surface area contributed by atoms with E-state index >= 15 is 0 Å². The highest BCUT2D eigenvalue weighted by atomic mass is 16.2. The van der Waals surface area contributed by atoms with Gasteiger partial charge in [-0.05, 0) is 31.7 Å². The highest BCUT2D eigenvalue weighted by molar-refractivity contribution is 5.83. The summed E-state index contributed by atoms with van der Waals surface area (Å²) in [7, 11) is 0. The molecule has 2 atom stereocenters. The highest BCUT2D eigenvalue weighted by Crippen LogP contribution is 2.48. The normalized spacial score (nSPS) is 26.9. The summed E-state index contributed by atoms with van der Waals surface area (Å²) in [6.07, 6.45) is 1.03. The van der Waals surface area contributed by atoms with Gasteiger partial charge in [0.2, 0.25) is 5.91 Å². The molecule has 0 radical (unpaired) electrons. The standard InChI is InChI=1S/C17H24N2O/c1-13(2)18-8-10-19(11-9-18)17(20)16-12-15(16)14-6-4-3-5-7-14/h3-7,13,15-16H,8-12H2,1-2H3. The molecule has 2 fully saturated rings. The predicted molar refractivity (Wildman–Crippen MR) is 80.6 cm³/mol. The van der Waals surface area contributed by atoms with Crippen molar-refractivity contribution in [3.8, 4) is 0 Å². The summed E-state index contributed by atoms with van der Waals surface area (Å²) in [4.78, 5) is 17.1. The molecule has 1 amide bonds. The van der Waals surface area contributed by atoms with E-state index < -0.39 is 0 Å². The van der Waals surface area contributed by atoms with Gasteiger partial charge >= 0.3 is 0 Å². The van der Waals surface area contributed by atoms with E-state index in [1.165, 1.54) is 5.56 Å². The lowest BCUT2D eigenvalue weighted by atomic mass is 10.1. The zero-order valence-electron chi connectivity index (χ0n) is 12.5. The topological polar surface area (TPSA) is 23.6 Å². The number of hydrogen-bond donors (Lipinski definition) is 0. The Morgan fingerprint density at radius 1 is 1.10 bits per heavy atom. The van der Waals surface area contributed by atoms with Gasteiger partial charge in [0, 0.05) is 38.1 Å². The first-order valence-corrected chi connectivity index (χ1v) is 7.74. The number of carbonyl (C=O) groups excluding carboxylic acids is 1. The van der Waals surface area contributed by atoms with Crippen LogP contribution in [0.1, 0.15) is 31.7 Å². The molecule has 3 rings (SSSR count). The van der Waals surface area contributed by atoms with Crippen LogP contribution in [-0.4, -0.2) is 47.9 Å². The first-order chi connectivity index (χ1) is 9.66. The van der Waals surface area contributed by atoms with Gasteiger partial charge in [-0.3, -0.25) is 9.69 Å². The van der Waals surface area contributed by atoms with Crippen molar-refractivity contribution in [2.45, 2.75) is 32.2 Å². The maximum Gasteiger partial charge on any atom is 0.226 e. The Morgan fingerprint density at radius 3 is 2.35 bits per heavy atom. The molecule has 1 aromatic rings. The van der Waals surface area contributed by atoms with Crippen LogP contribution in [0, 0.1) is 5.92 Å². The Bertz CT molecular complexity index is 463. The predicted octanol–water partition coefficient (Wildman–Crippen LogP) is 2.34. The van der Waals surface area contributed by atoms with Crippen molar-refractivity contribution in [1.29, 1.82) is 0 Å². The fourth-order valence-electron chi connectivity index (χ4n) is 3.23. The van der Waals surface area contributed by atoms with Crippen LogP contribution in [-0.2, 0) is 4.79 Å². The smallest absolute Gasteiger partial charge is 0.226 e. The second-order valence-corrected chi connectivity index (χ2v) is 6.31. The molecule has 3 nitrogen and oxygen atoms in total. The van der Waals surface area contributed by atoms with Gasteiger partial charge in [-0.1, -0.05) is 30.3 Å². The molecule has 3 heteroatoms. The molecule has 1 heterocycles. The lowest BCUT2D eigenvalue weighted by molar-refractivity contribution is -0.134. The number of hydrogen-bond acceptors (Lipinski definition) is 2. The molecular weight excluding hydrogens is 248 g/mol. The molecule has 1 saturated carbocycles. The highest BCUT2D eigenvalue weighted by Gasteiger charge is 2.45. The minimum atomic E-state index is 0.239. The van der Waals surface area contributed by atoms with E-state index in [0.717, 1.165) is 32.6 Å². The van der Waals surface area contributed by atoms with Crippen LogP contribution in [0.25, 0.3) is 0 Å². The Hall–Kier alpha value is -1.35. The molecule has 0 bridgehead atoms. The van der Waals surface area contributed by atoms with Crippen molar-refractivity contribution in [2.24, 2.45) is 5.92 Å². The van der Waals surface area contributed by atoms with E-state index in [4.69, 9.17) is 0 Å². The minimum Gasteiger partial charge on any atom is -0.340 e. The van der Waals surface area contributed by atoms with E-state index in [0.29, 0.717) is 17.9 Å². The molecule has 1 saturated heterocycles. The van der Waals surface area contributed by atoms with Crippen LogP contribution in [0.4, 0.5) is 0 Å². The maximum atomic E-state index is 12.5. The van der Waals surface area contributed by atoms with Crippen molar-refractivity contribution >= 4 is 5.91 Å². The fourth-order valence-corrected chi connectivity index (χ4v) is 3.23. The number of amides is 1. The molecule has 20 heavy (non-hydrogen) atoms. The Balaban J connectivity index is 1.54. The van der Waals surface area contributed by atoms with Crippen molar-refractivity contribution in [2.75, 3.05) is 26.2 Å². The van der Waals surface area contributed by atoms with Crippen molar-refractivity contribution in [1.82, 2.24) is 9.80 Å². The summed E-state index contributed by atoms with van der Waals surface area (Å²) in [5.41, 5.74) is 1.33. The van der Waals surface area contributed by atoms with E-state index in [2.05, 4.69) is 47.9 Å². The molecular formula is C17H24N2O. The summed E-state index contributed by atoms with van der Waals surface area (Å²) < 4.78 is 0. The van der Waals surface area contributed by atoms with E-state index in [1.807, 2.05) is 6.07 Å². The lowest BCUT2D eigenvalue weighted by Gasteiger charge is -2.37. The van der Waals surface area contributed by atoms with Gasteiger partial charge in [0.1, 0.15) is 0 Å². The molecule has 1 aliphatic carbocycles. The average molecular weight is 272 g/mol. The van der Waals surface area contributed by atoms with Crippen LogP contribution in [0.15, 0.2) is 30.3 Å². The molecule has 1 aromatic carbocycles.